The summed E-state index contributed by atoms with van der Waals surface area (Å²) >= 11 is 0. The first-order chi connectivity index (χ1) is 12.8. The van der Waals surface area contributed by atoms with Crippen molar-refractivity contribution in [3.05, 3.63) is 39.4 Å². The molecule has 2 fully saturated rings. The zero-order valence-electron chi connectivity index (χ0n) is 15.2. The third-order valence-corrected chi connectivity index (χ3v) is 6.66. The highest BCUT2D eigenvalue weighted by Crippen LogP contribution is 2.46. The molecule has 1 unspecified atom stereocenters. The van der Waals surface area contributed by atoms with Crippen molar-refractivity contribution in [2.45, 2.75) is 44.2 Å². The number of carboxylic acids is 1. The molecule has 1 aromatic heterocycles. The lowest BCUT2D eigenvalue weighted by atomic mass is 9.97. The Kier molecular flexibility index (Phi) is 3.30. The molecular formula is C20H22FN3O3. The van der Waals surface area contributed by atoms with Crippen molar-refractivity contribution in [3.63, 3.8) is 0 Å². The topological polar surface area (TPSA) is 88.6 Å². The Morgan fingerprint density at radius 1 is 1.37 bits per heavy atom. The van der Waals surface area contributed by atoms with Gasteiger partial charge in [-0.15, -0.1) is 0 Å². The largest absolute Gasteiger partial charge is 0.477 e. The summed E-state index contributed by atoms with van der Waals surface area (Å²) in [5.41, 5.74) is 7.50. The highest BCUT2D eigenvalue weighted by atomic mass is 19.1. The van der Waals surface area contributed by atoms with Gasteiger partial charge in [0, 0.05) is 35.6 Å². The normalized spacial score (nSPS) is 25.4. The number of halogens is 1. The molecule has 1 aliphatic carbocycles. The lowest BCUT2D eigenvalue weighted by Gasteiger charge is -2.24. The van der Waals surface area contributed by atoms with E-state index in [-0.39, 0.29) is 23.0 Å². The van der Waals surface area contributed by atoms with Crippen LogP contribution in [0.15, 0.2) is 16.9 Å². The van der Waals surface area contributed by atoms with E-state index in [1.807, 2.05) is 6.92 Å². The molecule has 0 radical (unpaired) electrons. The van der Waals surface area contributed by atoms with Gasteiger partial charge in [0.25, 0.3) is 5.56 Å². The Morgan fingerprint density at radius 2 is 2.11 bits per heavy atom. The third-order valence-electron chi connectivity index (χ3n) is 6.66. The van der Waals surface area contributed by atoms with Crippen LogP contribution in [0.25, 0.3) is 10.9 Å². The molecule has 2 aliphatic heterocycles. The quantitative estimate of drug-likeness (QED) is 0.864. The van der Waals surface area contributed by atoms with Crippen LogP contribution in [0, 0.1) is 11.7 Å². The minimum Gasteiger partial charge on any atom is -0.477 e. The maximum Gasteiger partial charge on any atom is 0.341 e. The van der Waals surface area contributed by atoms with E-state index in [9.17, 15) is 14.7 Å². The van der Waals surface area contributed by atoms with Crippen molar-refractivity contribution >= 4 is 22.6 Å². The molecule has 142 valence electrons. The van der Waals surface area contributed by atoms with E-state index in [4.69, 9.17) is 5.73 Å². The van der Waals surface area contributed by atoms with E-state index in [1.54, 1.807) is 0 Å². The summed E-state index contributed by atoms with van der Waals surface area (Å²) in [6, 6.07) is 2.48. The highest BCUT2D eigenvalue weighted by molar-refractivity contribution is 5.96. The van der Waals surface area contributed by atoms with E-state index >= 15 is 4.39 Å². The number of hydrogen-bond acceptors (Lipinski definition) is 4. The number of carbonyl (C=O) groups is 1. The average molecular weight is 371 g/mol. The van der Waals surface area contributed by atoms with Crippen LogP contribution in [0.1, 0.15) is 48.1 Å². The van der Waals surface area contributed by atoms with Gasteiger partial charge < -0.3 is 20.3 Å². The number of rotatable bonds is 3. The summed E-state index contributed by atoms with van der Waals surface area (Å²) in [6.07, 6.45) is 3.55. The van der Waals surface area contributed by atoms with E-state index in [1.165, 1.54) is 16.7 Å². The molecule has 1 saturated carbocycles. The zero-order chi connectivity index (χ0) is 19.1. The van der Waals surface area contributed by atoms with Crippen molar-refractivity contribution in [3.8, 4) is 0 Å². The molecule has 3 N–H and O–H groups in total. The number of pyridine rings is 1. The van der Waals surface area contributed by atoms with E-state index in [0.29, 0.717) is 28.9 Å². The molecule has 3 aliphatic rings. The number of carboxylic acid groups (broad SMARTS) is 1. The Hall–Kier alpha value is -2.41. The standard InChI is InChI=1S/C20H22FN3O3/c1-10-6-13-16-11(7-14(19(26)27)18(25)24(10)16)8-15(21)17(13)23-5-2-12(9-23)20(22)3-4-20/h7-8,10,12H,2-6,9,22H2,1H3,(H,26,27)/t10?,12-/m1/s1. The number of aromatic nitrogens is 1. The van der Waals surface area contributed by atoms with Crippen molar-refractivity contribution in [2.75, 3.05) is 18.0 Å². The van der Waals surface area contributed by atoms with Crippen LogP contribution in [0.4, 0.5) is 10.1 Å². The molecular weight excluding hydrogens is 349 g/mol. The fourth-order valence-electron chi connectivity index (χ4n) is 5.03. The fourth-order valence-corrected chi connectivity index (χ4v) is 5.03. The van der Waals surface area contributed by atoms with Crippen LogP contribution in [0.5, 0.6) is 0 Å². The summed E-state index contributed by atoms with van der Waals surface area (Å²) < 4.78 is 16.7. The van der Waals surface area contributed by atoms with Gasteiger partial charge >= 0.3 is 5.97 Å². The van der Waals surface area contributed by atoms with E-state index in [2.05, 4.69) is 4.90 Å². The van der Waals surface area contributed by atoms with Crippen molar-refractivity contribution < 1.29 is 14.3 Å². The first kappa shape index (κ1) is 16.7. The van der Waals surface area contributed by atoms with Crippen LogP contribution >= 0.6 is 0 Å². The van der Waals surface area contributed by atoms with Crippen LogP contribution in [-0.2, 0) is 6.42 Å². The fraction of sp³-hybridized carbons (Fsp3) is 0.500. The summed E-state index contributed by atoms with van der Waals surface area (Å²) in [4.78, 5) is 26.2. The smallest absolute Gasteiger partial charge is 0.341 e. The molecule has 1 saturated heterocycles. The maximum absolute atomic E-state index is 15.1. The Morgan fingerprint density at radius 3 is 2.78 bits per heavy atom. The molecule has 0 spiro atoms. The van der Waals surface area contributed by atoms with Gasteiger partial charge in [-0.25, -0.2) is 9.18 Å². The van der Waals surface area contributed by atoms with Gasteiger partial charge in [-0.2, -0.15) is 0 Å². The van der Waals surface area contributed by atoms with Crippen molar-refractivity contribution in [1.82, 2.24) is 4.57 Å². The minimum atomic E-state index is -1.28. The first-order valence-corrected chi connectivity index (χ1v) is 9.48. The number of nitrogens with zero attached hydrogens (tertiary/aromatic N) is 2. The number of aromatic carboxylic acids is 1. The van der Waals surface area contributed by atoms with Gasteiger partial charge in [0.15, 0.2) is 0 Å². The molecule has 6 nitrogen and oxygen atoms in total. The van der Waals surface area contributed by atoms with Gasteiger partial charge in [0.05, 0.1) is 11.2 Å². The predicted octanol–water partition coefficient (Wildman–Crippen LogP) is 2.27. The minimum absolute atomic E-state index is 0.0891. The van der Waals surface area contributed by atoms with E-state index < -0.39 is 11.5 Å². The summed E-state index contributed by atoms with van der Waals surface area (Å²) in [5, 5.41) is 9.80. The first-order valence-electron chi connectivity index (χ1n) is 9.48. The van der Waals surface area contributed by atoms with Gasteiger partial charge in [0.1, 0.15) is 11.4 Å². The number of nitrogens with two attached hydrogens (primary N) is 1. The Balaban J connectivity index is 1.68. The molecule has 2 atom stereocenters. The molecule has 7 heteroatoms. The lowest BCUT2D eigenvalue weighted by molar-refractivity contribution is 0.0694. The third kappa shape index (κ3) is 2.27. The molecule has 2 aromatic rings. The zero-order valence-corrected chi connectivity index (χ0v) is 15.2. The van der Waals surface area contributed by atoms with E-state index in [0.717, 1.165) is 37.9 Å². The van der Waals surface area contributed by atoms with Crippen molar-refractivity contribution in [2.24, 2.45) is 11.7 Å². The van der Waals surface area contributed by atoms with Crippen LogP contribution in [0.3, 0.4) is 0 Å². The summed E-state index contributed by atoms with van der Waals surface area (Å²) in [7, 11) is 0. The average Bonchev–Trinajstić information content (AvgIpc) is 3.03. The SMILES string of the molecule is CC1Cc2c(N3CC[C@@H](C4(N)CC4)C3)c(F)cc3cc(C(=O)O)c(=O)n1c23. The number of benzene rings is 1. The summed E-state index contributed by atoms with van der Waals surface area (Å²) in [5.74, 6) is -1.26. The second-order valence-corrected chi connectivity index (χ2v) is 8.38. The van der Waals surface area contributed by atoms with Gasteiger partial charge in [0.2, 0.25) is 0 Å². The maximum atomic E-state index is 15.1. The number of anilines is 1. The second-order valence-electron chi connectivity index (χ2n) is 8.38. The van der Waals surface area contributed by atoms with Gasteiger partial charge in [-0.1, -0.05) is 0 Å². The summed E-state index contributed by atoms with van der Waals surface area (Å²) in [6.45, 7) is 3.36. The monoisotopic (exact) mass is 371 g/mol. The lowest BCUT2D eigenvalue weighted by Crippen LogP contribution is -2.34. The molecule has 0 amide bonds. The molecule has 27 heavy (non-hydrogen) atoms. The molecule has 5 rings (SSSR count). The van der Waals surface area contributed by atoms with Crippen LogP contribution < -0.4 is 16.2 Å². The van der Waals surface area contributed by atoms with Gasteiger partial charge in [-0.05, 0) is 50.7 Å². The van der Waals surface area contributed by atoms with Crippen LogP contribution in [-0.4, -0.2) is 34.3 Å². The molecule has 1 aromatic carbocycles. The Bertz CT molecular complexity index is 1060. The van der Waals surface area contributed by atoms with Crippen molar-refractivity contribution in [1.29, 1.82) is 0 Å². The van der Waals surface area contributed by atoms with Gasteiger partial charge in [-0.3, -0.25) is 4.79 Å². The highest BCUT2D eigenvalue weighted by Gasteiger charge is 2.48. The predicted molar refractivity (Wildman–Crippen MR) is 100 cm³/mol. The molecule has 3 heterocycles. The second kappa shape index (κ2) is 5.32. The van der Waals surface area contributed by atoms with Crippen LogP contribution in [0.2, 0.25) is 0 Å². The number of hydrogen-bond donors (Lipinski definition) is 2. The molecule has 0 bridgehead atoms. The Labute approximate surface area is 155 Å².